The van der Waals surface area contributed by atoms with Crippen LogP contribution in [-0.2, 0) is 14.8 Å². The number of nitriles is 1. The highest BCUT2D eigenvalue weighted by Gasteiger charge is 2.26. The average molecular weight is 486 g/mol. The van der Waals surface area contributed by atoms with Crippen LogP contribution in [0.4, 0.5) is 5.69 Å². The van der Waals surface area contributed by atoms with Gasteiger partial charge in [0, 0.05) is 19.2 Å². The predicted octanol–water partition coefficient (Wildman–Crippen LogP) is 3.43. The molecule has 2 aromatic carbocycles. The summed E-state index contributed by atoms with van der Waals surface area (Å²) in [4.78, 5) is 12.7. The van der Waals surface area contributed by atoms with Crippen molar-refractivity contribution in [1.29, 1.82) is 5.26 Å². The normalized spacial score (nSPS) is 14.4. The molecule has 0 bridgehead atoms. The van der Waals surface area contributed by atoms with Crippen molar-refractivity contribution >= 4 is 27.7 Å². The number of benzene rings is 2. The molecule has 0 unspecified atom stereocenters. The summed E-state index contributed by atoms with van der Waals surface area (Å²) >= 11 is 0. The Kier molecular flexibility index (Phi) is 8.51. The lowest BCUT2D eigenvalue weighted by Crippen LogP contribution is -2.35. The van der Waals surface area contributed by atoms with Crippen LogP contribution < -0.4 is 19.5 Å². The molecule has 0 aliphatic carbocycles. The molecule has 10 heteroatoms. The van der Waals surface area contributed by atoms with Gasteiger partial charge in [0.25, 0.3) is 0 Å². The van der Waals surface area contributed by atoms with E-state index in [1.54, 1.807) is 24.3 Å². The van der Waals surface area contributed by atoms with E-state index in [-0.39, 0.29) is 17.2 Å². The zero-order chi connectivity index (χ0) is 24.6. The van der Waals surface area contributed by atoms with Crippen LogP contribution in [0, 0.1) is 11.3 Å². The van der Waals surface area contributed by atoms with E-state index in [0.717, 1.165) is 19.3 Å². The molecule has 0 spiro atoms. The quantitative estimate of drug-likeness (QED) is 0.541. The Hall–Kier alpha value is -3.55. The maximum absolute atomic E-state index is 13.0. The van der Waals surface area contributed by atoms with Crippen LogP contribution in [-0.4, -0.2) is 52.5 Å². The van der Waals surface area contributed by atoms with Crippen molar-refractivity contribution in [2.45, 2.75) is 24.2 Å². The highest BCUT2D eigenvalue weighted by molar-refractivity contribution is 7.89. The summed E-state index contributed by atoms with van der Waals surface area (Å²) in [5, 5.41) is 11.4. The third-order valence-electron chi connectivity index (χ3n) is 5.29. The van der Waals surface area contributed by atoms with Gasteiger partial charge in [-0.3, -0.25) is 4.79 Å². The van der Waals surface area contributed by atoms with Crippen molar-refractivity contribution in [2.24, 2.45) is 0 Å². The minimum absolute atomic E-state index is 0.104. The number of carbonyl (C=O) groups is 1. The second-order valence-corrected chi connectivity index (χ2v) is 9.44. The lowest BCUT2D eigenvalue weighted by molar-refractivity contribution is -0.111. The lowest BCUT2D eigenvalue weighted by Gasteiger charge is -2.26. The van der Waals surface area contributed by atoms with Crippen molar-refractivity contribution in [1.82, 2.24) is 4.31 Å². The third-order valence-corrected chi connectivity index (χ3v) is 7.18. The third kappa shape index (κ3) is 6.07. The summed E-state index contributed by atoms with van der Waals surface area (Å²) in [6.07, 6.45) is 5.58. The number of hydrogen-bond donors (Lipinski definition) is 1. The van der Waals surface area contributed by atoms with Crippen molar-refractivity contribution in [3.05, 3.63) is 48.0 Å². The number of sulfonamides is 1. The molecule has 1 N–H and O–H groups in total. The standard InChI is InChI=1S/C24H27N3O6S/c1-31-21-10-8-19(34(29,30)27-13-4-3-5-14-27)17-20(21)26-24(28)11-7-18-6-9-22(33-15-12-25)23(16-18)32-2/h6-11,16-17H,3-5,13-15H2,1-2H3,(H,26,28)/b11-7+. The van der Waals surface area contributed by atoms with E-state index in [0.29, 0.717) is 35.9 Å². The molecule has 0 aromatic heterocycles. The number of amides is 1. The molecule has 0 saturated carbocycles. The van der Waals surface area contributed by atoms with Gasteiger partial charge in [-0.05, 0) is 54.8 Å². The van der Waals surface area contributed by atoms with Gasteiger partial charge in [-0.1, -0.05) is 12.5 Å². The Morgan fingerprint density at radius 1 is 1.06 bits per heavy atom. The van der Waals surface area contributed by atoms with Crippen LogP contribution in [0.2, 0.25) is 0 Å². The summed E-state index contributed by atoms with van der Waals surface area (Å²) in [6.45, 7) is 0.869. The van der Waals surface area contributed by atoms with E-state index in [4.69, 9.17) is 19.5 Å². The summed E-state index contributed by atoms with van der Waals surface area (Å²) in [6, 6.07) is 11.3. The summed E-state index contributed by atoms with van der Waals surface area (Å²) in [5.41, 5.74) is 0.928. The number of piperidine rings is 1. The Bertz CT molecular complexity index is 1200. The first kappa shape index (κ1) is 25.1. The fraction of sp³-hybridized carbons (Fsp3) is 0.333. The first-order chi connectivity index (χ1) is 16.4. The Labute approximate surface area is 199 Å². The van der Waals surface area contributed by atoms with Crippen LogP contribution >= 0.6 is 0 Å². The number of hydrogen-bond acceptors (Lipinski definition) is 7. The van der Waals surface area contributed by atoms with Gasteiger partial charge in [-0.25, -0.2) is 8.42 Å². The van der Waals surface area contributed by atoms with Crippen molar-refractivity contribution in [2.75, 3.05) is 39.2 Å². The molecule has 1 amide bonds. The largest absolute Gasteiger partial charge is 0.495 e. The van der Waals surface area contributed by atoms with Crippen molar-refractivity contribution < 1.29 is 27.4 Å². The average Bonchev–Trinajstić information content (AvgIpc) is 2.86. The van der Waals surface area contributed by atoms with E-state index >= 15 is 0 Å². The second-order valence-electron chi connectivity index (χ2n) is 7.51. The maximum atomic E-state index is 13.0. The van der Waals surface area contributed by atoms with Crippen LogP contribution in [0.1, 0.15) is 24.8 Å². The number of nitrogens with zero attached hydrogens (tertiary/aromatic N) is 2. The minimum Gasteiger partial charge on any atom is -0.495 e. The predicted molar refractivity (Wildman–Crippen MR) is 127 cm³/mol. The number of rotatable bonds is 9. The van der Waals surface area contributed by atoms with Crippen LogP contribution in [0.5, 0.6) is 17.2 Å². The molecule has 1 saturated heterocycles. The molecule has 1 aliphatic heterocycles. The number of ether oxygens (including phenoxy) is 3. The summed E-state index contributed by atoms with van der Waals surface area (Å²) in [7, 11) is -0.732. The Balaban J connectivity index is 1.77. The Morgan fingerprint density at radius 3 is 2.44 bits per heavy atom. The van der Waals surface area contributed by atoms with E-state index in [2.05, 4.69) is 5.32 Å². The monoisotopic (exact) mass is 485 g/mol. The van der Waals surface area contributed by atoms with Crippen molar-refractivity contribution in [3.63, 3.8) is 0 Å². The summed E-state index contributed by atoms with van der Waals surface area (Å²) in [5.74, 6) is 0.729. The smallest absolute Gasteiger partial charge is 0.248 e. The fourth-order valence-corrected chi connectivity index (χ4v) is 5.11. The minimum atomic E-state index is -3.66. The number of carbonyl (C=O) groups excluding carboxylic acids is 1. The molecule has 3 rings (SSSR count). The lowest BCUT2D eigenvalue weighted by atomic mass is 10.2. The van der Waals surface area contributed by atoms with Gasteiger partial charge in [-0.15, -0.1) is 0 Å². The van der Waals surface area contributed by atoms with E-state index in [1.165, 1.54) is 42.8 Å². The zero-order valence-electron chi connectivity index (χ0n) is 19.1. The first-order valence-corrected chi connectivity index (χ1v) is 12.2. The molecule has 1 fully saturated rings. The van der Waals surface area contributed by atoms with Gasteiger partial charge in [0.1, 0.15) is 11.8 Å². The van der Waals surface area contributed by atoms with Gasteiger partial charge in [0.05, 0.1) is 24.8 Å². The van der Waals surface area contributed by atoms with Crippen molar-refractivity contribution in [3.8, 4) is 23.3 Å². The summed E-state index contributed by atoms with van der Waals surface area (Å²) < 4.78 is 43.3. The zero-order valence-corrected chi connectivity index (χ0v) is 19.9. The van der Waals surface area contributed by atoms with Gasteiger partial charge in [-0.2, -0.15) is 9.57 Å². The van der Waals surface area contributed by atoms with E-state index in [1.807, 2.05) is 6.07 Å². The van der Waals surface area contributed by atoms with E-state index < -0.39 is 15.9 Å². The molecule has 0 radical (unpaired) electrons. The SMILES string of the molecule is COc1ccc(S(=O)(=O)N2CCCCC2)cc1NC(=O)/C=C/c1ccc(OCC#N)c(OC)c1. The number of methoxy groups -OCH3 is 2. The molecule has 0 atom stereocenters. The highest BCUT2D eigenvalue weighted by atomic mass is 32.2. The molecule has 34 heavy (non-hydrogen) atoms. The molecule has 180 valence electrons. The van der Waals surface area contributed by atoms with Gasteiger partial charge < -0.3 is 19.5 Å². The molecule has 1 aliphatic rings. The van der Waals surface area contributed by atoms with Gasteiger partial charge in [0.15, 0.2) is 18.1 Å². The fourth-order valence-electron chi connectivity index (χ4n) is 3.56. The molecular weight excluding hydrogens is 458 g/mol. The topological polar surface area (TPSA) is 118 Å². The molecule has 9 nitrogen and oxygen atoms in total. The number of nitrogens with one attached hydrogen (secondary N) is 1. The van der Waals surface area contributed by atoms with Crippen LogP contribution in [0.25, 0.3) is 6.08 Å². The highest BCUT2D eigenvalue weighted by Crippen LogP contribution is 2.31. The Morgan fingerprint density at radius 2 is 1.76 bits per heavy atom. The van der Waals surface area contributed by atoms with Crippen LogP contribution in [0.15, 0.2) is 47.4 Å². The first-order valence-electron chi connectivity index (χ1n) is 10.7. The van der Waals surface area contributed by atoms with E-state index in [9.17, 15) is 13.2 Å². The van der Waals surface area contributed by atoms with Crippen LogP contribution in [0.3, 0.4) is 0 Å². The molecular formula is C24H27N3O6S. The second kappa shape index (κ2) is 11.5. The van der Waals surface area contributed by atoms with Gasteiger partial charge in [0.2, 0.25) is 15.9 Å². The number of anilines is 1. The maximum Gasteiger partial charge on any atom is 0.248 e. The molecule has 1 heterocycles. The van der Waals surface area contributed by atoms with Gasteiger partial charge >= 0.3 is 0 Å². The molecule has 2 aromatic rings.